The van der Waals surface area contributed by atoms with Crippen LogP contribution in [-0.2, 0) is 24.2 Å². The third kappa shape index (κ3) is 3.66. The largest absolute Gasteiger partial charge is 0.451 e. The molecule has 1 aromatic carbocycles. The minimum atomic E-state index is -0.344. The Morgan fingerprint density at radius 3 is 2.96 bits per heavy atom. The summed E-state index contributed by atoms with van der Waals surface area (Å²) in [6.45, 7) is 2.20. The van der Waals surface area contributed by atoms with E-state index in [-0.39, 0.29) is 18.5 Å². The molecule has 2 aromatic heterocycles. The molecule has 1 aliphatic carbocycles. The van der Waals surface area contributed by atoms with Crippen molar-refractivity contribution in [2.24, 2.45) is 5.92 Å². The average molecular weight is 389 g/mol. The Labute approximate surface area is 160 Å². The van der Waals surface area contributed by atoms with E-state index in [1.165, 1.54) is 28.2 Å². The highest BCUT2D eigenvalue weighted by Gasteiger charge is 2.21. The standard InChI is InChI=1S/C19H17ClN2O3S/c1-11-2-7-15-13(8-11)9-16(26-15)19(23)24-10-17-21-22-18(25-17)12-3-5-14(20)6-4-12/h3-6,9,11H,2,7-8,10H2,1H3. The summed E-state index contributed by atoms with van der Waals surface area (Å²) < 4.78 is 10.9. The molecule has 134 valence electrons. The van der Waals surface area contributed by atoms with Crippen molar-refractivity contribution in [2.75, 3.05) is 0 Å². The third-order valence-corrected chi connectivity index (χ3v) is 5.88. The topological polar surface area (TPSA) is 65.2 Å². The molecular formula is C19H17ClN2O3S. The molecule has 0 saturated carbocycles. The summed E-state index contributed by atoms with van der Waals surface area (Å²) in [5.41, 5.74) is 2.04. The summed E-state index contributed by atoms with van der Waals surface area (Å²) in [5, 5.41) is 8.55. The third-order valence-electron chi connectivity index (χ3n) is 4.42. The van der Waals surface area contributed by atoms with Crippen LogP contribution in [0.2, 0.25) is 5.02 Å². The second kappa shape index (κ2) is 7.21. The van der Waals surface area contributed by atoms with Gasteiger partial charge in [0.1, 0.15) is 4.88 Å². The SMILES string of the molecule is CC1CCc2sc(C(=O)OCc3nnc(-c4ccc(Cl)cc4)o3)cc2C1. The normalized spacial score (nSPS) is 16.3. The Morgan fingerprint density at radius 1 is 1.35 bits per heavy atom. The summed E-state index contributed by atoms with van der Waals surface area (Å²) in [7, 11) is 0. The number of ether oxygens (including phenoxy) is 1. The quantitative estimate of drug-likeness (QED) is 0.592. The van der Waals surface area contributed by atoms with Crippen LogP contribution in [0.15, 0.2) is 34.7 Å². The Balaban J connectivity index is 1.40. The molecule has 1 atom stereocenters. The van der Waals surface area contributed by atoms with Gasteiger partial charge >= 0.3 is 5.97 Å². The lowest BCUT2D eigenvalue weighted by Gasteiger charge is -2.16. The molecule has 3 aromatic rings. The number of thiophene rings is 1. The van der Waals surface area contributed by atoms with Crippen LogP contribution in [0.3, 0.4) is 0 Å². The Hall–Kier alpha value is -2.18. The van der Waals surface area contributed by atoms with Crippen LogP contribution in [0.25, 0.3) is 11.5 Å². The van der Waals surface area contributed by atoms with Gasteiger partial charge in [-0.15, -0.1) is 21.5 Å². The molecule has 7 heteroatoms. The van der Waals surface area contributed by atoms with Gasteiger partial charge in [-0.25, -0.2) is 4.79 Å². The van der Waals surface area contributed by atoms with E-state index in [4.69, 9.17) is 20.8 Å². The molecule has 0 fully saturated rings. The van der Waals surface area contributed by atoms with E-state index in [0.717, 1.165) is 18.4 Å². The van der Waals surface area contributed by atoms with Crippen molar-refractivity contribution >= 4 is 28.9 Å². The first-order valence-electron chi connectivity index (χ1n) is 8.45. The van der Waals surface area contributed by atoms with Crippen molar-refractivity contribution in [2.45, 2.75) is 32.8 Å². The van der Waals surface area contributed by atoms with Gasteiger partial charge in [0.25, 0.3) is 5.89 Å². The number of hydrogen-bond acceptors (Lipinski definition) is 6. The number of hydrogen-bond donors (Lipinski definition) is 0. The van der Waals surface area contributed by atoms with Gasteiger partial charge in [0.05, 0.1) is 0 Å². The number of nitrogens with zero attached hydrogens (tertiary/aromatic N) is 2. The predicted molar refractivity (Wildman–Crippen MR) is 99.4 cm³/mol. The van der Waals surface area contributed by atoms with Gasteiger partial charge in [-0.2, -0.15) is 0 Å². The Bertz CT molecular complexity index is 933. The summed E-state index contributed by atoms with van der Waals surface area (Å²) in [5.74, 6) is 0.959. The maximum absolute atomic E-state index is 12.3. The van der Waals surface area contributed by atoms with Gasteiger partial charge in [-0.05, 0) is 61.1 Å². The number of fused-ring (bicyclic) bond motifs is 1. The number of aromatic nitrogens is 2. The number of benzene rings is 1. The van der Waals surface area contributed by atoms with Gasteiger partial charge in [-0.1, -0.05) is 18.5 Å². The lowest BCUT2D eigenvalue weighted by atomic mass is 9.90. The van der Waals surface area contributed by atoms with Crippen molar-refractivity contribution in [1.82, 2.24) is 10.2 Å². The smallest absolute Gasteiger partial charge is 0.348 e. The van der Waals surface area contributed by atoms with Crippen LogP contribution < -0.4 is 0 Å². The molecular weight excluding hydrogens is 372 g/mol. The van der Waals surface area contributed by atoms with E-state index < -0.39 is 0 Å². The first kappa shape index (κ1) is 17.2. The zero-order valence-electron chi connectivity index (χ0n) is 14.2. The molecule has 0 radical (unpaired) electrons. The number of esters is 1. The van der Waals surface area contributed by atoms with E-state index in [0.29, 0.717) is 21.7 Å². The van der Waals surface area contributed by atoms with Crippen LogP contribution in [-0.4, -0.2) is 16.2 Å². The van der Waals surface area contributed by atoms with E-state index in [1.54, 1.807) is 24.3 Å². The average Bonchev–Trinajstić information content (AvgIpc) is 3.27. The maximum Gasteiger partial charge on any atom is 0.348 e. The first-order valence-corrected chi connectivity index (χ1v) is 9.65. The molecule has 1 unspecified atom stereocenters. The lowest BCUT2D eigenvalue weighted by Crippen LogP contribution is -2.08. The van der Waals surface area contributed by atoms with Crippen LogP contribution in [0.1, 0.15) is 39.3 Å². The summed E-state index contributed by atoms with van der Waals surface area (Å²) in [4.78, 5) is 14.3. The fourth-order valence-corrected chi connectivity index (χ4v) is 4.25. The van der Waals surface area contributed by atoms with Gasteiger partial charge in [-0.3, -0.25) is 0 Å². The highest BCUT2D eigenvalue weighted by atomic mass is 35.5. The van der Waals surface area contributed by atoms with Gasteiger partial charge < -0.3 is 9.15 Å². The Morgan fingerprint density at radius 2 is 2.15 bits per heavy atom. The molecule has 0 N–H and O–H groups in total. The van der Waals surface area contributed by atoms with E-state index in [9.17, 15) is 4.79 Å². The van der Waals surface area contributed by atoms with Crippen LogP contribution in [0.5, 0.6) is 0 Å². The predicted octanol–water partition coefficient (Wildman–Crippen LogP) is 4.93. The number of halogens is 1. The summed E-state index contributed by atoms with van der Waals surface area (Å²) >= 11 is 7.40. The molecule has 26 heavy (non-hydrogen) atoms. The molecule has 0 amide bonds. The fraction of sp³-hybridized carbons (Fsp3) is 0.316. The van der Waals surface area contributed by atoms with Gasteiger partial charge in [0.2, 0.25) is 5.89 Å². The number of carbonyl (C=O) groups excluding carboxylic acids is 1. The number of aryl methyl sites for hydroxylation is 1. The van der Waals surface area contributed by atoms with E-state index >= 15 is 0 Å². The molecule has 4 rings (SSSR count). The van der Waals surface area contributed by atoms with Crippen molar-refractivity contribution in [1.29, 1.82) is 0 Å². The molecule has 0 aliphatic heterocycles. The van der Waals surface area contributed by atoms with Crippen LogP contribution in [0, 0.1) is 5.92 Å². The van der Waals surface area contributed by atoms with Crippen molar-refractivity contribution in [3.63, 3.8) is 0 Å². The minimum Gasteiger partial charge on any atom is -0.451 e. The van der Waals surface area contributed by atoms with Crippen LogP contribution >= 0.6 is 22.9 Å². The maximum atomic E-state index is 12.3. The molecule has 2 heterocycles. The van der Waals surface area contributed by atoms with Gasteiger partial charge in [0, 0.05) is 15.5 Å². The second-order valence-electron chi connectivity index (χ2n) is 6.49. The van der Waals surface area contributed by atoms with Gasteiger partial charge in [0.15, 0.2) is 6.61 Å². The lowest BCUT2D eigenvalue weighted by molar-refractivity contribution is 0.0444. The molecule has 0 saturated heterocycles. The van der Waals surface area contributed by atoms with Crippen molar-refractivity contribution in [3.8, 4) is 11.5 Å². The second-order valence-corrected chi connectivity index (χ2v) is 8.06. The summed E-state index contributed by atoms with van der Waals surface area (Å²) in [6, 6.07) is 9.05. The van der Waals surface area contributed by atoms with Crippen LogP contribution in [0.4, 0.5) is 0 Å². The zero-order valence-corrected chi connectivity index (χ0v) is 15.8. The number of rotatable bonds is 4. The summed E-state index contributed by atoms with van der Waals surface area (Å²) in [6.07, 6.45) is 3.26. The molecule has 1 aliphatic rings. The molecule has 0 bridgehead atoms. The Kier molecular flexibility index (Phi) is 4.78. The first-order chi connectivity index (χ1) is 12.6. The monoisotopic (exact) mass is 388 g/mol. The minimum absolute atomic E-state index is 0.0433. The highest BCUT2D eigenvalue weighted by molar-refractivity contribution is 7.14. The van der Waals surface area contributed by atoms with E-state index in [2.05, 4.69) is 17.1 Å². The van der Waals surface area contributed by atoms with Crippen molar-refractivity contribution < 1.29 is 13.9 Å². The zero-order chi connectivity index (χ0) is 18.1. The molecule has 0 spiro atoms. The van der Waals surface area contributed by atoms with E-state index in [1.807, 2.05) is 6.07 Å². The fourth-order valence-electron chi connectivity index (χ4n) is 3.03. The number of carbonyl (C=O) groups is 1. The highest BCUT2D eigenvalue weighted by Crippen LogP contribution is 2.32. The van der Waals surface area contributed by atoms with Crippen molar-refractivity contribution in [3.05, 3.63) is 56.6 Å². The molecule has 5 nitrogen and oxygen atoms in total.